The Hall–Kier alpha value is -1.67. The molecule has 2 rings (SSSR count). The quantitative estimate of drug-likeness (QED) is 0.766. The molecule has 1 heterocycles. The largest absolute Gasteiger partial charge is 0.313 e. The molecule has 0 fully saturated rings. The van der Waals surface area contributed by atoms with Gasteiger partial charge in [0.15, 0.2) is 0 Å². The monoisotopic (exact) mass is 226 g/mol. The van der Waals surface area contributed by atoms with Gasteiger partial charge in [0, 0.05) is 18.4 Å². The Morgan fingerprint density at radius 2 is 1.76 bits per heavy atom. The number of hydrogen-bond acceptors (Lipinski definition) is 2. The highest BCUT2D eigenvalue weighted by atomic mass is 14.8. The van der Waals surface area contributed by atoms with Crippen LogP contribution in [0.3, 0.4) is 0 Å². The van der Waals surface area contributed by atoms with Crippen LogP contribution in [-0.2, 0) is 13.0 Å². The number of nitrogens with one attached hydrogen (secondary N) is 1. The SMILES string of the molecule is c1ccc(CNCCCc2ccccn2)cc1. The van der Waals surface area contributed by atoms with Crippen LogP contribution >= 0.6 is 0 Å². The second-order valence-corrected chi connectivity index (χ2v) is 4.09. The van der Waals surface area contributed by atoms with Crippen LogP contribution in [0, 0.1) is 0 Å². The number of aromatic nitrogens is 1. The summed E-state index contributed by atoms with van der Waals surface area (Å²) in [6, 6.07) is 16.6. The first-order valence-corrected chi connectivity index (χ1v) is 6.10. The van der Waals surface area contributed by atoms with E-state index >= 15 is 0 Å². The maximum absolute atomic E-state index is 4.31. The van der Waals surface area contributed by atoms with E-state index in [4.69, 9.17) is 0 Å². The molecule has 0 atom stereocenters. The number of aryl methyl sites for hydroxylation is 1. The van der Waals surface area contributed by atoms with Crippen LogP contribution in [0.15, 0.2) is 54.7 Å². The van der Waals surface area contributed by atoms with Gasteiger partial charge in [-0.2, -0.15) is 0 Å². The van der Waals surface area contributed by atoms with Crippen LogP contribution in [-0.4, -0.2) is 11.5 Å². The Bertz CT molecular complexity index is 370. The number of benzene rings is 1. The summed E-state index contributed by atoms with van der Waals surface area (Å²) in [6.07, 6.45) is 4.03. The third-order valence-electron chi connectivity index (χ3n) is 2.68. The van der Waals surface area contributed by atoms with Crippen LogP contribution in [0.2, 0.25) is 0 Å². The van der Waals surface area contributed by atoms with Crippen molar-refractivity contribution in [3.8, 4) is 0 Å². The number of rotatable bonds is 6. The lowest BCUT2D eigenvalue weighted by molar-refractivity contribution is 0.645. The Labute approximate surface area is 103 Å². The van der Waals surface area contributed by atoms with Gasteiger partial charge in [-0.05, 0) is 37.1 Å². The minimum Gasteiger partial charge on any atom is -0.313 e. The van der Waals surface area contributed by atoms with E-state index in [9.17, 15) is 0 Å². The van der Waals surface area contributed by atoms with Crippen LogP contribution in [0.1, 0.15) is 17.7 Å². The molecular weight excluding hydrogens is 208 g/mol. The molecule has 2 nitrogen and oxygen atoms in total. The second-order valence-electron chi connectivity index (χ2n) is 4.09. The second kappa shape index (κ2) is 6.81. The van der Waals surface area contributed by atoms with Gasteiger partial charge in [-0.15, -0.1) is 0 Å². The van der Waals surface area contributed by atoms with Crippen molar-refractivity contribution in [1.29, 1.82) is 0 Å². The Morgan fingerprint density at radius 1 is 0.941 bits per heavy atom. The molecule has 0 amide bonds. The molecule has 0 radical (unpaired) electrons. The van der Waals surface area contributed by atoms with Gasteiger partial charge in [-0.1, -0.05) is 36.4 Å². The predicted molar refractivity (Wildman–Crippen MR) is 70.7 cm³/mol. The van der Waals surface area contributed by atoms with Crippen molar-refractivity contribution in [3.05, 3.63) is 66.0 Å². The molecule has 1 aromatic carbocycles. The Balaban J connectivity index is 1.61. The molecule has 0 bridgehead atoms. The summed E-state index contributed by atoms with van der Waals surface area (Å²) in [5.41, 5.74) is 2.51. The smallest absolute Gasteiger partial charge is 0.0404 e. The van der Waals surface area contributed by atoms with E-state index < -0.39 is 0 Å². The van der Waals surface area contributed by atoms with Crippen molar-refractivity contribution in [1.82, 2.24) is 10.3 Å². The summed E-state index contributed by atoms with van der Waals surface area (Å²) < 4.78 is 0. The molecule has 2 aromatic rings. The van der Waals surface area contributed by atoms with Gasteiger partial charge in [-0.3, -0.25) is 4.98 Å². The summed E-state index contributed by atoms with van der Waals surface area (Å²) in [6.45, 7) is 1.98. The molecule has 1 aromatic heterocycles. The number of nitrogens with zero attached hydrogens (tertiary/aromatic N) is 1. The highest BCUT2D eigenvalue weighted by molar-refractivity contribution is 5.14. The zero-order valence-corrected chi connectivity index (χ0v) is 9.97. The topological polar surface area (TPSA) is 24.9 Å². The normalized spacial score (nSPS) is 10.4. The summed E-state index contributed by atoms with van der Waals surface area (Å²) >= 11 is 0. The van der Waals surface area contributed by atoms with Crippen LogP contribution in [0.5, 0.6) is 0 Å². The van der Waals surface area contributed by atoms with Crippen molar-refractivity contribution >= 4 is 0 Å². The fraction of sp³-hybridized carbons (Fsp3) is 0.267. The van der Waals surface area contributed by atoms with Crippen molar-refractivity contribution in [3.63, 3.8) is 0 Å². The summed E-state index contributed by atoms with van der Waals surface area (Å²) in [7, 11) is 0. The van der Waals surface area contributed by atoms with Crippen LogP contribution < -0.4 is 5.32 Å². The lowest BCUT2D eigenvalue weighted by Crippen LogP contribution is -2.15. The molecule has 88 valence electrons. The van der Waals surface area contributed by atoms with Gasteiger partial charge in [0.1, 0.15) is 0 Å². The fourth-order valence-corrected chi connectivity index (χ4v) is 1.77. The third kappa shape index (κ3) is 4.37. The highest BCUT2D eigenvalue weighted by Gasteiger charge is 1.94. The van der Waals surface area contributed by atoms with Gasteiger partial charge < -0.3 is 5.32 Å². The molecule has 17 heavy (non-hydrogen) atoms. The molecule has 2 heteroatoms. The number of hydrogen-bond donors (Lipinski definition) is 1. The van der Waals surface area contributed by atoms with E-state index in [-0.39, 0.29) is 0 Å². The van der Waals surface area contributed by atoms with Gasteiger partial charge in [0.25, 0.3) is 0 Å². The molecular formula is C15H18N2. The minimum absolute atomic E-state index is 0.947. The van der Waals surface area contributed by atoms with E-state index in [1.165, 1.54) is 11.3 Å². The molecule has 0 aliphatic heterocycles. The minimum atomic E-state index is 0.947. The molecule has 0 unspecified atom stereocenters. The van der Waals surface area contributed by atoms with E-state index in [0.29, 0.717) is 0 Å². The van der Waals surface area contributed by atoms with Gasteiger partial charge in [-0.25, -0.2) is 0 Å². The zero-order valence-electron chi connectivity index (χ0n) is 9.97. The van der Waals surface area contributed by atoms with Crippen molar-refractivity contribution in [2.24, 2.45) is 0 Å². The molecule has 0 spiro atoms. The van der Waals surface area contributed by atoms with Crippen molar-refractivity contribution in [2.45, 2.75) is 19.4 Å². The van der Waals surface area contributed by atoms with Crippen molar-refractivity contribution in [2.75, 3.05) is 6.54 Å². The van der Waals surface area contributed by atoms with Gasteiger partial charge >= 0.3 is 0 Å². The highest BCUT2D eigenvalue weighted by Crippen LogP contribution is 1.99. The molecule has 0 saturated heterocycles. The van der Waals surface area contributed by atoms with E-state index in [0.717, 1.165) is 25.9 Å². The lowest BCUT2D eigenvalue weighted by atomic mass is 10.2. The first-order valence-electron chi connectivity index (χ1n) is 6.10. The van der Waals surface area contributed by atoms with Gasteiger partial charge in [0.05, 0.1) is 0 Å². The van der Waals surface area contributed by atoms with Crippen LogP contribution in [0.25, 0.3) is 0 Å². The molecule has 0 aliphatic rings. The van der Waals surface area contributed by atoms with E-state index in [2.05, 4.69) is 40.6 Å². The number of pyridine rings is 1. The van der Waals surface area contributed by atoms with Crippen LogP contribution in [0.4, 0.5) is 0 Å². The average Bonchev–Trinajstić information content (AvgIpc) is 2.41. The van der Waals surface area contributed by atoms with Crippen molar-refractivity contribution < 1.29 is 0 Å². The van der Waals surface area contributed by atoms with E-state index in [1.807, 2.05) is 24.4 Å². The average molecular weight is 226 g/mol. The maximum Gasteiger partial charge on any atom is 0.0404 e. The Morgan fingerprint density at radius 3 is 2.53 bits per heavy atom. The molecule has 0 saturated carbocycles. The summed E-state index contributed by atoms with van der Waals surface area (Å²) in [5, 5.41) is 3.44. The maximum atomic E-state index is 4.31. The van der Waals surface area contributed by atoms with Gasteiger partial charge in [0.2, 0.25) is 0 Å². The third-order valence-corrected chi connectivity index (χ3v) is 2.68. The fourth-order valence-electron chi connectivity index (χ4n) is 1.77. The van der Waals surface area contributed by atoms with E-state index in [1.54, 1.807) is 0 Å². The molecule has 1 N–H and O–H groups in total. The predicted octanol–water partition coefficient (Wildman–Crippen LogP) is 2.80. The summed E-state index contributed by atoms with van der Waals surface area (Å²) in [5.74, 6) is 0. The molecule has 0 aliphatic carbocycles. The lowest BCUT2D eigenvalue weighted by Gasteiger charge is -2.04. The standard InChI is InChI=1S/C15H18N2/c1-2-7-14(8-3-1)13-16-11-6-10-15-9-4-5-12-17-15/h1-5,7-9,12,16H,6,10-11,13H2. The Kier molecular flexibility index (Phi) is 4.73. The summed E-state index contributed by atoms with van der Waals surface area (Å²) in [4.78, 5) is 4.31. The first-order chi connectivity index (χ1) is 8.45. The zero-order chi connectivity index (χ0) is 11.8. The first kappa shape index (κ1) is 11.8.